The van der Waals surface area contributed by atoms with E-state index in [1.165, 1.54) is 6.20 Å². The smallest absolute Gasteiger partial charge is 0.175 e. The second-order valence-electron chi connectivity index (χ2n) is 2.34. The van der Waals surface area contributed by atoms with Crippen molar-refractivity contribution in [3.8, 4) is 0 Å². The Balaban J connectivity index is 2.70. The standard InChI is InChI=1S/C7H6FN3/c8-6-4(9)3-11-5-1-2-10-7(5)6/h2-3H,1,9H2. The summed E-state index contributed by atoms with van der Waals surface area (Å²) >= 11 is 0. The van der Waals surface area contributed by atoms with E-state index in [2.05, 4.69) is 9.98 Å². The van der Waals surface area contributed by atoms with Gasteiger partial charge in [0.1, 0.15) is 5.69 Å². The van der Waals surface area contributed by atoms with E-state index in [0.29, 0.717) is 17.8 Å². The zero-order valence-corrected chi connectivity index (χ0v) is 5.71. The molecule has 1 aromatic heterocycles. The molecule has 0 saturated heterocycles. The highest BCUT2D eigenvalue weighted by Crippen LogP contribution is 2.28. The molecular formula is C7H6FN3. The van der Waals surface area contributed by atoms with Crippen LogP contribution in [0.25, 0.3) is 0 Å². The van der Waals surface area contributed by atoms with Crippen molar-refractivity contribution in [3.63, 3.8) is 0 Å². The molecule has 1 aliphatic rings. The summed E-state index contributed by atoms with van der Waals surface area (Å²) in [6.45, 7) is 0. The van der Waals surface area contributed by atoms with E-state index in [9.17, 15) is 4.39 Å². The largest absolute Gasteiger partial charge is 0.395 e. The van der Waals surface area contributed by atoms with E-state index in [4.69, 9.17) is 5.73 Å². The maximum atomic E-state index is 13.0. The van der Waals surface area contributed by atoms with Gasteiger partial charge in [-0.1, -0.05) is 0 Å². The minimum Gasteiger partial charge on any atom is -0.395 e. The fourth-order valence-electron chi connectivity index (χ4n) is 1.03. The van der Waals surface area contributed by atoms with Gasteiger partial charge < -0.3 is 5.73 Å². The highest BCUT2D eigenvalue weighted by atomic mass is 19.1. The number of rotatable bonds is 0. The predicted octanol–water partition coefficient (Wildman–Crippen LogP) is 1.06. The minimum absolute atomic E-state index is 0.0581. The Bertz CT molecular complexity index is 333. The van der Waals surface area contributed by atoms with Gasteiger partial charge in [-0.3, -0.25) is 9.98 Å². The highest BCUT2D eigenvalue weighted by molar-refractivity contribution is 5.76. The molecule has 0 atom stereocenters. The van der Waals surface area contributed by atoms with Gasteiger partial charge in [0, 0.05) is 12.6 Å². The second-order valence-corrected chi connectivity index (χ2v) is 2.34. The quantitative estimate of drug-likeness (QED) is 0.602. The van der Waals surface area contributed by atoms with Crippen LogP contribution < -0.4 is 5.73 Å². The molecule has 1 aliphatic heterocycles. The summed E-state index contributed by atoms with van der Waals surface area (Å²) in [5.41, 5.74) is 6.30. The number of hydrogen-bond donors (Lipinski definition) is 1. The predicted molar refractivity (Wildman–Crippen MR) is 40.5 cm³/mol. The topological polar surface area (TPSA) is 51.3 Å². The molecule has 0 radical (unpaired) electrons. The molecule has 3 nitrogen and oxygen atoms in total. The first kappa shape index (κ1) is 6.27. The Labute approximate surface area is 62.8 Å². The number of halogens is 1. The number of aromatic nitrogens is 1. The van der Waals surface area contributed by atoms with Crippen molar-refractivity contribution < 1.29 is 4.39 Å². The number of hydrogen-bond acceptors (Lipinski definition) is 3. The molecular weight excluding hydrogens is 145 g/mol. The van der Waals surface area contributed by atoms with Crippen LogP contribution in [-0.2, 0) is 6.42 Å². The third kappa shape index (κ3) is 0.790. The van der Waals surface area contributed by atoms with Gasteiger partial charge >= 0.3 is 0 Å². The van der Waals surface area contributed by atoms with Crippen LogP contribution in [0.3, 0.4) is 0 Å². The summed E-state index contributed by atoms with van der Waals surface area (Å²) in [5.74, 6) is -0.455. The molecule has 0 spiro atoms. The lowest BCUT2D eigenvalue weighted by Crippen LogP contribution is -1.94. The van der Waals surface area contributed by atoms with Gasteiger partial charge in [0.05, 0.1) is 17.6 Å². The van der Waals surface area contributed by atoms with Crippen molar-refractivity contribution >= 4 is 17.6 Å². The van der Waals surface area contributed by atoms with Crippen LogP contribution in [0.5, 0.6) is 0 Å². The van der Waals surface area contributed by atoms with Gasteiger partial charge in [-0.05, 0) is 0 Å². The Morgan fingerprint density at radius 2 is 2.36 bits per heavy atom. The number of aliphatic imine (C=N–C) groups is 1. The molecule has 0 saturated carbocycles. The van der Waals surface area contributed by atoms with E-state index in [1.54, 1.807) is 6.21 Å². The van der Waals surface area contributed by atoms with E-state index < -0.39 is 5.82 Å². The summed E-state index contributed by atoms with van der Waals surface area (Å²) < 4.78 is 13.0. The molecule has 0 fully saturated rings. The highest BCUT2D eigenvalue weighted by Gasteiger charge is 2.14. The first-order chi connectivity index (χ1) is 5.29. The third-order valence-corrected chi connectivity index (χ3v) is 1.60. The number of fused-ring (bicyclic) bond motifs is 1. The fourth-order valence-corrected chi connectivity index (χ4v) is 1.03. The monoisotopic (exact) mass is 151 g/mol. The minimum atomic E-state index is -0.455. The number of nitrogen functional groups attached to an aromatic ring is 1. The van der Waals surface area contributed by atoms with Crippen molar-refractivity contribution in [1.82, 2.24) is 4.98 Å². The van der Waals surface area contributed by atoms with Crippen LogP contribution in [-0.4, -0.2) is 11.2 Å². The van der Waals surface area contributed by atoms with Gasteiger partial charge in [0.15, 0.2) is 5.82 Å². The molecule has 0 aliphatic carbocycles. The molecule has 56 valence electrons. The molecule has 4 heteroatoms. The molecule has 0 unspecified atom stereocenters. The van der Waals surface area contributed by atoms with Crippen molar-refractivity contribution in [2.75, 3.05) is 5.73 Å². The summed E-state index contributed by atoms with van der Waals surface area (Å²) in [5, 5.41) is 0. The molecule has 0 amide bonds. The fraction of sp³-hybridized carbons (Fsp3) is 0.143. The Hall–Kier alpha value is -1.45. The van der Waals surface area contributed by atoms with E-state index in [0.717, 1.165) is 0 Å². The van der Waals surface area contributed by atoms with Crippen LogP contribution in [0.15, 0.2) is 11.2 Å². The summed E-state index contributed by atoms with van der Waals surface area (Å²) in [7, 11) is 0. The lowest BCUT2D eigenvalue weighted by Gasteiger charge is -1.99. The maximum absolute atomic E-state index is 13.0. The molecule has 0 bridgehead atoms. The van der Waals surface area contributed by atoms with Crippen LogP contribution in [0, 0.1) is 5.82 Å². The molecule has 2 N–H and O–H groups in total. The van der Waals surface area contributed by atoms with Gasteiger partial charge in [-0.15, -0.1) is 0 Å². The summed E-state index contributed by atoms with van der Waals surface area (Å²) in [6.07, 6.45) is 3.55. The van der Waals surface area contributed by atoms with Crippen LogP contribution in [0.4, 0.5) is 15.8 Å². The van der Waals surface area contributed by atoms with E-state index >= 15 is 0 Å². The lowest BCUT2D eigenvalue weighted by molar-refractivity contribution is 0.632. The SMILES string of the molecule is Nc1cnc2c(c1F)N=CC2. The lowest BCUT2D eigenvalue weighted by atomic mass is 10.2. The summed E-state index contributed by atoms with van der Waals surface area (Å²) in [4.78, 5) is 7.75. The van der Waals surface area contributed by atoms with Crippen molar-refractivity contribution in [3.05, 3.63) is 17.7 Å². The molecule has 11 heavy (non-hydrogen) atoms. The Kier molecular flexibility index (Phi) is 1.15. The first-order valence-electron chi connectivity index (χ1n) is 3.24. The molecule has 2 heterocycles. The van der Waals surface area contributed by atoms with E-state index in [-0.39, 0.29) is 5.69 Å². The van der Waals surface area contributed by atoms with Gasteiger partial charge in [0.2, 0.25) is 0 Å². The molecule has 1 aromatic rings. The Morgan fingerprint density at radius 1 is 1.55 bits per heavy atom. The maximum Gasteiger partial charge on any atom is 0.175 e. The third-order valence-electron chi connectivity index (χ3n) is 1.60. The van der Waals surface area contributed by atoms with Crippen LogP contribution in [0.1, 0.15) is 5.69 Å². The Morgan fingerprint density at radius 3 is 3.18 bits per heavy atom. The summed E-state index contributed by atoms with van der Waals surface area (Å²) in [6, 6.07) is 0. The van der Waals surface area contributed by atoms with Crippen molar-refractivity contribution in [2.45, 2.75) is 6.42 Å². The zero-order chi connectivity index (χ0) is 7.84. The number of nitrogens with zero attached hydrogens (tertiary/aromatic N) is 2. The first-order valence-corrected chi connectivity index (χ1v) is 3.24. The van der Waals surface area contributed by atoms with Gasteiger partial charge in [-0.25, -0.2) is 4.39 Å². The average molecular weight is 151 g/mol. The molecule has 2 rings (SSSR count). The van der Waals surface area contributed by atoms with Crippen LogP contribution in [0.2, 0.25) is 0 Å². The van der Waals surface area contributed by atoms with E-state index in [1.807, 2.05) is 0 Å². The number of nitrogens with two attached hydrogens (primary N) is 1. The normalized spacial score (nSPS) is 13.5. The van der Waals surface area contributed by atoms with Crippen molar-refractivity contribution in [1.29, 1.82) is 0 Å². The zero-order valence-electron chi connectivity index (χ0n) is 5.71. The van der Waals surface area contributed by atoms with Crippen LogP contribution >= 0.6 is 0 Å². The van der Waals surface area contributed by atoms with Gasteiger partial charge in [0.25, 0.3) is 0 Å². The van der Waals surface area contributed by atoms with Crippen molar-refractivity contribution in [2.24, 2.45) is 4.99 Å². The second kappa shape index (κ2) is 2.02. The van der Waals surface area contributed by atoms with Gasteiger partial charge in [-0.2, -0.15) is 0 Å². The molecule has 0 aromatic carbocycles. The number of pyridine rings is 1. The average Bonchev–Trinajstić information content (AvgIpc) is 2.45. The number of anilines is 1.